The summed E-state index contributed by atoms with van der Waals surface area (Å²) in [5, 5.41) is 2.33. The summed E-state index contributed by atoms with van der Waals surface area (Å²) in [6.45, 7) is 39.6. The number of carbonyl (C=O) groups is 1. The Bertz CT molecular complexity index is 785. The number of benzene rings is 1. The third-order valence-electron chi connectivity index (χ3n) is 4.07. The second kappa shape index (κ2) is 23.4. The molecule has 1 aromatic rings. The number of hydrogen-bond acceptors (Lipinski definition) is 2. The smallest absolute Gasteiger partial charge is 0 e. The van der Waals surface area contributed by atoms with Crippen LogP contribution in [-0.4, -0.2) is 33.6 Å². The first-order valence-corrected chi connectivity index (χ1v) is 17.9. The molecule has 2 rings (SSSR count). The van der Waals surface area contributed by atoms with E-state index in [1.165, 1.54) is 10.9 Å². The van der Waals surface area contributed by atoms with Crippen LogP contribution >= 0.6 is 7.92 Å². The Kier molecular flexibility index (Phi) is 29.5. The van der Waals surface area contributed by atoms with Crippen LogP contribution in [0.2, 0.25) is 39.3 Å². The molecular weight excluding hydrogens is 659 g/mol. The van der Waals surface area contributed by atoms with E-state index in [-0.39, 0.29) is 27.0 Å². The number of carbonyl (C=O) groups excluding carboxylic acids is 1. The van der Waals surface area contributed by atoms with Crippen LogP contribution in [0, 0.1) is 33.3 Å². The molecule has 0 amide bonds. The van der Waals surface area contributed by atoms with Crippen molar-refractivity contribution in [3.63, 3.8) is 0 Å². The van der Waals surface area contributed by atoms with E-state index < -0.39 is 24.1 Å². The molecule has 0 aromatic heterocycles. The van der Waals surface area contributed by atoms with Gasteiger partial charge in [-0.15, -0.1) is 0 Å². The normalized spacial score (nSPS) is 12.7. The molecule has 0 fully saturated rings. The molecule has 182 valence electrons. The molecule has 0 aliphatic carbocycles. The number of rotatable bonds is 6. The van der Waals surface area contributed by atoms with Crippen molar-refractivity contribution < 1.29 is 53.9 Å². The van der Waals surface area contributed by atoms with Gasteiger partial charge in [0.05, 0.1) is 11.9 Å². The van der Waals surface area contributed by atoms with Gasteiger partial charge in [-0.1, -0.05) is 69.6 Å². The van der Waals surface area contributed by atoms with E-state index in [1.54, 1.807) is 0 Å². The van der Waals surface area contributed by atoms with Crippen LogP contribution in [-0.2, 0) is 53.9 Å². The van der Waals surface area contributed by atoms with Gasteiger partial charge in [0.2, 0.25) is 0 Å². The van der Waals surface area contributed by atoms with Crippen molar-refractivity contribution in [3.8, 4) is 0 Å². The first-order chi connectivity index (χ1) is 15.6. The minimum Gasteiger partial charge on any atom is 0 e. The molecular formula is C23H29O7PSi2W. The Morgan fingerprint density at radius 1 is 0.824 bits per heavy atom. The van der Waals surface area contributed by atoms with Gasteiger partial charge < -0.3 is 4.74 Å². The van der Waals surface area contributed by atoms with E-state index in [2.05, 4.69) is 96.8 Å². The summed E-state index contributed by atoms with van der Waals surface area (Å²) in [5.41, 5.74) is 1.23. The Morgan fingerprint density at radius 3 is 1.47 bits per heavy atom. The zero-order valence-corrected chi connectivity index (χ0v) is 26.2. The predicted octanol–water partition coefficient (Wildman–Crippen LogP) is 5.35. The van der Waals surface area contributed by atoms with Crippen molar-refractivity contribution in [2.75, 3.05) is 6.61 Å². The van der Waals surface area contributed by atoms with Crippen LogP contribution in [0.15, 0.2) is 35.6 Å². The summed E-state index contributed by atoms with van der Waals surface area (Å²) in [6.07, 6.45) is 0. The van der Waals surface area contributed by atoms with Gasteiger partial charge in [-0.2, -0.15) is 0 Å². The molecule has 7 nitrogen and oxygen atoms in total. The Hall–Kier alpha value is -1.32. The molecule has 0 unspecified atom stereocenters. The van der Waals surface area contributed by atoms with Crippen molar-refractivity contribution in [1.82, 2.24) is 0 Å². The Balaban J connectivity index is -0.000000226. The molecule has 0 radical (unpaired) electrons. The maximum Gasteiger partial charge on any atom is 0 e. The van der Waals surface area contributed by atoms with E-state index in [0.717, 1.165) is 10.2 Å². The average molecular weight is 688 g/mol. The topological polar surface area (TPSA) is 126 Å². The van der Waals surface area contributed by atoms with Crippen molar-refractivity contribution in [2.24, 2.45) is 0 Å². The number of esters is 1. The molecule has 11 heteroatoms. The van der Waals surface area contributed by atoms with Crippen LogP contribution in [0.25, 0.3) is 5.31 Å². The van der Waals surface area contributed by atoms with Gasteiger partial charge in [0.25, 0.3) is 0 Å². The number of ether oxygens (including phenoxy) is 1. The van der Waals surface area contributed by atoms with Gasteiger partial charge in [0.1, 0.15) is 0 Å². The van der Waals surface area contributed by atoms with E-state index in [9.17, 15) is 4.79 Å². The van der Waals surface area contributed by atoms with Crippen molar-refractivity contribution in [3.05, 3.63) is 74.5 Å². The first-order valence-electron chi connectivity index (χ1n) is 9.37. The van der Waals surface area contributed by atoms with E-state index in [4.69, 9.17) is 28.0 Å². The summed E-state index contributed by atoms with van der Waals surface area (Å²) in [5.74, 6) is -0.0704. The number of hydrogen-bond donors (Lipinski definition) is 0. The van der Waals surface area contributed by atoms with Crippen molar-refractivity contribution in [1.29, 1.82) is 0 Å². The van der Waals surface area contributed by atoms with Crippen molar-refractivity contribution >= 4 is 35.4 Å². The molecule has 34 heavy (non-hydrogen) atoms. The average Bonchev–Trinajstić information content (AvgIpc) is 3.53. The molecule has 0 spiro atoms. The van der Waals surface area contributed by atoms with Crippen LogP contribution < -0.4 is 0 Å². The zero-order valence-electron chi connectivity index (χ0n) is 20.4. The first kappa shape index (κ1) is 42.8. The third-order valence-corrected chi connectivity index (χ3v) is 20.9. The van der Waals surface area contributed by atoms with Crippen LogP contribution in [0.4, 0.5) is 0 Å². The molecule has 0 saturated carbocycles. The molecule has 0 N–H and O–H groups in total. The van der Waals surface area contributed by atoms with E-state index in [0.29, 0.717) is 6.61 Å². The summed E-state index contributed by atoms with van der Waals surface area (Å²) < 4.78 is 42.9. The second-order valence-corrected chi connectivity index (χ2v) is 22.6. The van der Waals surface area contributed by atoms with Crippen molar-refractivity contribution in [2.45, 2.75) is 51.1 Å². The molecule has 0 saturated heterocycles. The van der Waals surface area contributed by atoms with Crippen LogP contribution in [0.3, 0.4) is 0 Å². The Morgan fingerprint density at radius 2 is 1.18 bits per heavy atom. The molecule has 1 atom stereocenters. The fourth-order valence-electron chi connectivity index (χ4n) is 3.78. The Labute approximate surface area is 220 Å². The van der Waals surface area contributed by atoms with Gasteiger partial charge in [0, 0.05) is 42.5 Å². The van der Waals surface area contributed by atoms with Gasteiger partial charge >= 0.3 is 62.5 Å². The zero-order chi connectivity index (χ0) is 27.4. The summed E-state index contributed by atoms with van der Waals surface area (Å²) in [7, 11) is -3.20. The van der Waals surface area contributed by atoms with Crippen LogP contribution in [0.5, 0.6) is 0 Å². The summed E-state index contributed by atoms with van der Waals surface area (Å²) in [6, 6.07) is 10.4. The molecule has 1 aliphatic rings. The predicted molar refractivity (Wildman–Crippen MR) is 127 cm³/mol. The summed E-state index contributed by atoms with van der Waals surface area (Å²) in [4.78, 5) is 13.2. The largest absolute Gasteiger partial charge is 0 e. The van der Waals surface area contributed by atoms with Gasteiger partial charge in [0.15, 0.2) is 0 Å². The minimum atomic E-state index is -1.37. The van der Waals surface area contributed by atoms with Crippen LogP contribution in [0.1, 0.15) is 12.5 Å². The maximum absolute atomic E-state index is 12.5. The molecule has 1 aromatic carbocycles. The van der Waals surface area contributed by atoms with E-state index >= 15 is 0 Å². The molecule has 0 bridgehead atoms. The van der Waals surface area contributed by atoms with E-state index in [1.807, 2.05) is 13.0 Å². The monoisotopic (exact) mass is 688 g/mol. The van der Waals surface area contributed by atoms with Gasteiger partial charge in [-0.3, -0.25) is 0 Å². The standard InChI is InChI=1S/C18H29O2PSi2.5CO.W/c1-8-20-17(19)16-15(14-12-10-9-11-13-14)21(16)18(22(2,3)4)23(5,6)7;5*1-2;/h9-13,18H,8H2,1-7H3;;;;;;/t21-;;;;;;/m1....../s1. The fraction of sp³-hybridized carbons (Fsp3) is 0.391. The van der Waals surface area contributed by atoms with Gasteiger partial charge in [-0.25, -0.2) is 4.79 Å². The SMILES string of the molecule is CCOC(=O)C1=C(c2ccccc2)[P@@]1C([Si](C)(C)C)[Si](C)(C)C.[C-]#[O+].[C-]#[O+].[C-]#[O+].[C-]#[O+].[C-]#[O+].[W]. The molecule has 1 aliphatic heterocycles. The third kappa shape index (κ3) is 14.2. The maximum atomic E-state index is 12.5. The second-order valence-electron chi connectivity index (χ2n) is 8.29. The summed E-state index contributed by atoms with van der Waals surface area (Å²) >= 11 is 0. The minimum absolute atomic E-state index is 0. The van der Waals surface area contributed by atoms with Gasteiger partial charge in [-0.05, 0) is 25.3 Å². The fourth-order valence-corrected chi connectivity index (χ4v) is 23.9. The quantitative estimate of drug-likeness (QED) is 0.132. The molecule has 1 heterocycles.